The lowest BCUT2D eigenvalue weighted by Crippen LogP contribution is -2.47. The summed E-state index contributed by atoms with van der Waals surface area (Å²) >= 11 is 12.1. The smallest absolute Gasteiger partial charge is 0.234 e. The maximum atomic E-state index is 13.0. The number of phenolic OH excluding ortho intramolecular Hbond substituents is 1. The van der Waals surface area contributed by atoms with E-state index in [2.05, 4.69) is 32.7 Å². The molecule has 0 saturated carbocycles. The van der Waals surface area contributed by atoms with E-state index in [-0.39, 0.29) is 23.3 Å². The summed E-state index contributed by atoms with van der Waals surface area (Å²) in [7, 11) is 0. The predicted molar refractivity (Wildman–Crippen MR) is 137 cm³/mol. The van der Waals surface area contributed by atoms with E-state index in [1.165, 1.54) is 12.1 Å². The van der Waals surface area contributed by atoms with Crippen LogP contribution in [0.4, 0.5) is 11.4 Å². The number of halogens is 2. The number of carbonyl (C=O) groups excluding carboxylic acids is 1. The molecule has 1 amide bonds. The summed E-state index contributed by atoms with van der Waals surface area (Å²) in [5, 5.41) is 23.4. The summed E-state index contributed by atoms with van der Waals surface area (Å²) in [5.41, 5.74) is 1.74. The van der Waals surface area contributed by atoms with Crippen LogP contribution in [0.25, 0.3) is 0 Å². The molecule has 3 N–H and O–H groups in total. The first-order chi connectivity index (χ1) is 16.3. The maximum Gasteiger partial charge on any atom is 0.234 e. The van der Waals surface area contributed by atoms with Crippen LogP contribution in [0.2, 0.25) is 10.0 Å². The summed E-state index contributed by atoms with van der Waals surface area (Å²) in [4.78, 5) is 19.8. The van der Waals surface area contributed by atoms with Crippen molar-refractivity contribution in [3.63, 3.8) is 0 Å². The van der Waals surface area contributed by atoms with Gasteiger partial charge in [-0.3, -0.25) is 9.69 Å². The summed E-state index contributed by atoms with van der Waals surface area (Å²) < 4.78 is 0. The standard InChI is InChI=1S/C25H30Cl2N4O3/c1-18(30-9-11-31(12-10-30)21-4-2-3-19(26)13-21)15-29-8-7-25(16-29,17-32)24(34)28-20-5-6-23(33)22(27)14-20/h2-6,13-14,32-33H,1,7-12,15-17H2,(H,28,34). The van der Waals surface area contributed by atoms with Gasteiger partial charge in [-0.1, -0.05) is 35.8 Å². The molecule has 2 aliphatic heterocycles. The first kappa shape index (κ1) is 24.7. The summed E-state index contributed by atoms with van der Waals surface area (Å²) in [5.74, 6) is -0.296. The lowest BCUT2D eigenvalue weighted by Gasteiger charge is -2.39. The Hall–Kier alpha value is -2.45. The van der Waals surface area contributed by atoms with Crippen molar-refractivity contribution in [2.24, 2.45) is 5.41 Å². The molecule has 0 aliphatic carbocycles. The number of rotatable bonds is 7. The number of carbonyl (C=O) groups is 1. The van der Waals surface area contributed by atoms with E-state index in [1.807, 2.05) is 18.2 Å². The second kappa shape index (κ2) is 10.4. The summed E-state index contributed by atoms with van der Waals surface area (Å²) in [6.07, 6.45) is 0.553. The number of piperazine rings is 1. The van der Waals surface area contributed by atoms with Crippen molar-refractivity contribution in [1.29, 1.82) is 0 Å². The van der Waals surface area contributed by atoms with Gasteiger partial charge in [0, 0.05) is 61.4 Å². The number of phenols is 1. The Kier molecular flexibility index (Phi) is 7.57. The number of nitrogens with zero attached hydrogens (tertiary/aromatic N) is 3. The van der Waals surface area contributed by atoms with Crippen molar-refractivity contribution < 1.29 is 15.0 Å². The highest BCUT2D eigenvalue weighted by Gasteiger charge is 2.44. The largest absolute Gasteiger partial charge is 0.506 e. The number of likely N-dealkylation sites (tertiary alicyclic amines) is 1. The lowest BCUT2D eigenvalue weighted by molar-refractivity contribution is -0.127. The van der Waals surface area contributed by atoms with Crippen LogP contribution in [-0.4, -0.2) is 78.3 Å². The highest BCUT2D eigenvalue weighted by Crippen LogP contribution is 2.33. The quantitative estimate of drug-likeness (QED) is 0.499. The normalized spacial score (nSPS) is 21.0. The lowest BCUT2D eigenvalue weighted by atomic mass is 9.87. The van der Waals surface area contributed by atoms with Crippen molar-refractivity contribution in [1.82, 2.24) is 9.80 Å². The molecule has 2 aliphatic rings. The Morgan fingerprint density at radius 2 is 1.85 bits per heavy atom. The van der Waals surface area contributed by atoms with E-state index in [4.69, 9.17) is 23.2 Å². The van der Waals surface area contributed by atoms with Gasteiger partial charge in [0.2, 0.25) is 5.91 Å². The molecule has 2 aromatic rings. The number of anilines is 2. The zero-order valence-corrected chi connectivity index (χ0v) is 20.5. The molecule has 0 bridgehead atoms. The Morgan fingerprint density at radius 1 is 1.09 bits per heavy atom. The summed E-state index contributed by atoms with van der Waals surface area (Å²) in [6, 6.07) is 12.4. The van der Waals surface area contributed by atoms with Crippen LogP contribution < -0.4 is 10.2 Å². The fourth-order valence-corrected chi connectivity index (χ4v) is 5.00. The molecule has 182 valence electrons. The van der Waals surface area contributed by atoms with Crippen LogP contribution in [0.3, 0.4) is 0 Å². The average molecular weight is 505 g/mol. The van der Waals surface area contributed by atoms with Crippen LogP contribution in [0, 0.1) is 5.41 Å². The van der Waals surface area contributed by atoms with E-state index >= 15 is 0 Å². The summed E-state index contributed by atoms with van der Waals surface area (Å²) in [6.45, 7) is 9.36. The van der Waals surface area contributed by atoms with Crippen molar-refractivity contribution in [3.8, 4) is 5.75 Å². The second-order valence-electron chi connectivity index (χ2n) is 9.04. The number of benzene rings is 2. The minimum atomic E-state index is -0.893. The van der Waals surface area contributed by atoms with E-state index in [9.17, 15) is 15.0 Å². The van der Waals surface area contributed by atoms with Gasteiger partial charge in [-0.05, 0) is 49.4 Å². The molecule has 0 spiro atoms. The first-order valence-electron chi connectivity index (χ1n) is 11.4. The van der Waals surface area contributed by atoms with Crippen LogP contribution in [0.1, 0.15) is 6.42 Å². The molecule has 0 radical (unpaired) electrons. The molecule has 1 unspecified atom stereocenters. The number of aliphatic hydroxyl groups excluding tert-OH is 1. The first-order valence-corrected chi connectivity index (χ1v) is 12.1. The molecular formula is C25H30Cl2N4O3. The van der Waals surface area contributed by atoms with Crippen molar-refractivity contribution in [2.75, 3.05) is 62.6 Å². The maximum absolute atomic E-state index is 13.0. The molecule has 2 aromatic carbocycles. The monoisotopic (exact) mass is 504 g/mol. The molecule has 7 nitrogen and oxygen atoms in total. The van der Waals surface area contributed by atoms with Gasteiger partial charge < -0.3 is 25.3 Å². The van der Waals surface area contributed by atoms with Gasteiger partial charge in [0.1, 0.15) is 5.75 Å². The highest BCUT2D eigenvalue weighted by molar-refractivity contribution is 6.32. The van der Waals surface area contributed by atoms with E-state index in [0.717, 1.165) is 42.6 Å². The molecule has 2 saturated heterocycles. The Labute approximate surface area is 210 Å². The molecule has 1 atom stereocenters. The van der Waals surface area contributed by atoms with Crippen molar-refractivity contribution in [2.45, 2.75) is 6.42 Å². The number of nitrogens with one attached hydrogen (secondary N) is 1. The van der Waals surface area contributed by atoms with Crippen LogP contribution in [0.15, 0.2) is 54.7 Å². The zero-order chi connectivity index (χ0) is 24.3. The van der Waals surface area contributed by atoms with Gasteiger partial charge in [-0.15, -0.1) is 0 Å². The Bertz CT molecular complexity index is 1060. The van der Waals surface area contributed by atoms with Gasteiger partial charge in [0.15, 0.2) is 0 Å². The van der Waals surface area contributed by atoms with Gasteiger partial charge >= 0.3 is 0 Å². The SMILES string of the molecule is C=C(CN1CCC(CO)(C(=O)Nc2ccc(O)c(Cl)c2)C1)N1CCN(c2cccc(Cl)c2)CC1. The number of hydrogen-bond donors (Lipinski definition) is 3. The fraction of sp³-hybridized carbons (Fsp3) is 0.400. The number of amides is 1. The van der Waals surface area contributed by atoms with Crippen molar-refractivity contribution >= 4 is 40.5 Å². The van der Waals surface area contributed by atoms with Crippen LogP contribution in [0.5, 0.6) is 5.75 Å². The van der Waals surface area contributed by atoms with E-state index in [1.54, 1.807) is 6.07 Å². The Morgan fingerprint density at radius 3 is 2.53 bits per heavy atom. The van der Waals surface area contributed by atoms with Crippen LogP contribution in [-0.2, 0) is 4.79 Å². The molecule has 9 heteroatoms. The third kappa shape index (κ3) is 5.44. The zero-order valence-electron chi connectivity index (χ0n) is 19.0. The highest BCUT2D eigenvalue weighted by atomic mass is 35.5. The molecule has 2 heterocycles. The molecule has 34 heavy (non-hydrogen) atoms. The van der Waals surface area contributed by atoms with E-state index < -0.39 is 5.41 Å². The van der Waals surface area contributed by atoms with Gasteiger partial charge in [-0.2, -0.15) is 0 Å². The molecule has 0 aromatic heterocycles. The minimum Gasteiger partial charge on any atom is -0.506 e. The third-order valence-electron chi connectivity index (χ3n) is 6.73. The average Bonchev–Trinajstić information content (AvgIpc) is 3.26. The number of hydrogen-bond acceptors (Lipinski definition) is 6. The number of aliphatic hydroxyl groups is 1. The third-order valence-corrected chi connectivity index (χ3v) is 7.27. The molecular weight excluding hydrogens is 475 g/mol. The van der Waals surface area contributed by atoms with Crippen LogP contribution >= 0.6 is 23.2 Å². The molecule has 2 fully saturated rings. The minimum absolute atomic E-state index is 0.0458. The predicted octanol–water partition coefficient (Wildman–Crippen LogP) is 3.66. The fourth-order valence-electron chi connectivity index (χ4n) is 4.64. The van der Waals surface area contributed by atoms with E-state index in [0.29, 0.717) is 31.7 Å². The number of aromatic hydroxyl groups is 1. The van der Waals surface area contributed by atoms with Gasteiger partial charge in [-0.25, -0.2) is 0 Å². The van der Waals surface area contributed by atoms with Gasteiger partial charge in [0.05, 0.1) is 17.0 Å². The molecule has 4 rings (SSSR count). The topological polar surface area (TPSA) is 79.3 Å². The van der Waals surface area contributed by atoms with Crippen molar-refractivity contribution in [3.05, 3.63) is 64.8 Å². The van der Waals surface area contributed by atoms with Gasteiger partial charge in [0.25, 0.3) is 0 Å². The second-order valence-corrected chi connectivity index (χ2v) is 9.88. The Balaban J connectivity index is 1.30.